The Bertz CT molecular complexity index is 343. The van der Waals surface area contributed by atoms with Gasteiger partial charge in [0.1, 0.15) is 0 Å². The molecule has 116 valence electrons. The molecule has 0 bridgehead atoms. The van der Waals surface area contributed by atoms with E-state index in [9.17, 15) is 4.79 Å². The molecule has 20 heavy (non-hydrogen) atoms. The summed E-state index contributed by atoms with van der Waals surface area (Å²) < 4.78 is 0. The lowest BCUT2D eigenvalue weighted by Gasteiger charge is -2.40. The molecule has 0 aromatic heterocycles. The first-order chi connectivity index (χ1) is 9.45. The Labute approximate surface area is 123 Å². The summed E-state index contributed by atoms with van der Waals surface area (Å²) in [4.78, 5) is 17.2. The number of likely N-dealkylation sites (N-methyl/N-ethyl adjacent to an activating group) is 2. The van der Waals surface area contributed by atoms with Crippen LogP contribution < -0.4 is 5.73 Å². The van der Waals surface area contributed by atoms with E-state index in [0.717, 1.165) is 38.8 Å². The summed E-state index contributed by atoms with van der Waals surface area (Å²) in [6.45, 7) is 7.39. The normalized spacial score (nSPS) is 35.2. The number of likely N-dealkylation sites (tertiary alicyclic amines) is 1. The lowest BCUT2D eigenvalue weighted by Crippen LogP contribution is -2.54. The number of nitrogens with zero attached hydrogens (tertiary/aromatic N) is 2. The van der Waals surface area contributed by atoms with Crippen LogP contribution in [0.4, 0.5) is 0 Å². The van der Waals surface area contributed by atoms with Crippen molar-refractivity contribution in [1.29, 1.82) is 0 Å². The van der Waals surface area contributed by atoms with E-state index in [-0.39, 0.29) is 17.4 Å². The van der Waals surface area contributed by atoms with Crippen LogP contribution in [-0.4, -0.2) is 54.0 Å². The quantitative estimate of drug-likeness (QED) is 0.855. The summed E-state index contributed by atoms with van der Waals surface area (Å²) in [7, 11) is 1.96. The molecule has 1 saturated carbocycles. The zero-order valence-electron chi connectivity index (χ0n) is 13.4. The fraction of sp³-hybridized carbons (Fsp3) is 0.938. The van der Waals surface area contributed by atoms with Crippen LogP contribution in [0.5, 0.6) is 0 Å². The number of hydrogen-bond acceptors (Lipinski definition) is 3. The molecule has 2 rings (SSSR count). The van der Waals surface area contributed by atoms with Crippen LogP contribution >= 0.6 is 0 Å². The summed E-state index contributed by atoms with van der Waals surface area (Å²) >= 11 is 0. The number of carbonyl (C=O) groups is 1. The predicted molar refractivity (Wildman–Crippen MR) is 82.5 cm³/mol. The molecule has 2 N–H and O–H groups in total. The minimum atomic E-state index is -0.316. The molecule has 1 aliphatic heterocycles. The summed E-state index contributed by atoms with van der Waals surface area (Å²) in [5.41, 5.74) is 6.05. The second kappa shape index (κ2) is 6.44. The number of carbonyl (C=O) groups excluding carboxylic acids is 1. The molecule has 4 nitrogen and oxygen atoms in total. The molecule has 3 unspecified atom stereocenters. The maximum atomic E-state index is 12.7. The molecular weight excluding hydrogens is 250 g/mol. The zero-order chi connectivity index (χ0) is 14.8. The van der Waals surface area contributed by atoms with Crippen molar-refractivity contribution >= 4 is 5.91 Å². The maximum absolute atomic E-state index is 12.7. The third-order valence-electron chi connectivity index (χ3n) is 5.32. The van der Waals surface area contributed by atoms with E-state index in [2.05, 4.69) is 18.7 Å². The molecule has 0 radical (unpaired) electrons. The highest BCUT2D eigenvalue weighted by Gasteiger charge is 2.39. The smallest absolute Gasteiger partial charge is 0.227 e. The van der Waals surface area contributed by atoms with Crippen molar-refractivity contribution in [2.45, 2.75) is 64.0 Å². The van der Waals surface area contributed by atoms with Gasteiger partial charge in [0.15, 0.2) is 0 Å². The molecule has 4 heteroatoms. The summed E-state index contributed by atoms with van der Waals surface area (Å²) in [5.74, 6) is 0.274. The number of nitrogens with two attached hydrogens (primary N) is 1. The Morgan fingerprint density at radius 1 is 1.35 bits per heavy atom. The second-order valence-electron chi connectivity index (χ2n) is 6.95. The van der Waals surface area contributed by atoms with Crippen molar-refractivity contribution in [3.8, 4) is 0 Å². The Hall–Kier alpha value is -0.610. The van der Waals surface area contributed by atoms with Gasteiger partial charge in [-0.15, -0.1) is 0 Å². The predicted octanol–water partition coefficient (Wildman–Crippen LogP) is 1.84. The fourth-order valence-electron chi connectivity index (χ4n) is 3.95. The lowest BCUT2D eigenvalue weighted by atomic mass is 9.74. The minimum absolute atomic E-state index is 0.0118. The molecule has 1 saturated heterocycles. The Kier molecular flexibility index (Phi) is 5.08. The Morgan fingerprint density at radius 2 is 2.10 bits per heavy atom. The first-order valence-electron chi connectivity index (χ1n) is 8.23. The van der Waals surface area contributed by atoms with Crippen LogP contribution in [0, 0.1) is 5.92 Å². The maximum Gasteiger partial charge on any atom is 0.227 e. The Morgan fingerprint density at radius 3 is 2.75 bits per heavy atom. The minimum Gasteiger partial charge on any atom is -0.344 e. The standard InChI is InChI=1S/C16H31N3O/c1-4-19-11-7-8-13(19)12-18(3)15(20)14-9-5-6-10-16(14,2)17/h13-14H,4-12,17H2,1-3H3. The van der Waals surface area contributed by atoms with Crippen LogP contribution in [0.15, 0.2) is 0 Å². The molecule has 1 amide bonds. The van der Waals surface area contributed by atoms with Gasteiger partial charge in [-0.05, 0) is 45.7 Å². The number of rotatable bonds is 4. The third kappa shape index (κ3) is 3.34. The molecule has 0 spiro atoms. The van der Waals surface area contributed by atoms with E-state index in [1.807, 2.05) is 11.9 Å². The molecule has 2 fully saturated rings. The van der Waals surface area contributed by atoms with Crippen molar-refractivity contribution in [1.82, 2.24) is 9.80 Å². The number of amides is 1. The second-order valence-corrected chi connectivity index (χ2v) is 6.95. The van der Waals surface area contributed by atoms with Gasteiger partial charge in [-0.1, -0.05) is 19.8 Å². The molecule has 2 aliphatic rings. The largest absolute Gasteiger partial charge is 0.344 e. The van der Waals surface area contributed by atoms with Gasteiger partial charge >= 0.3 is 0 Å². The van der Waals surface area contributed by atoms with Crippen molar-refractivity contribution in [3.05, 3.63) is 0 Å². The fourth-order valence-corrected chi connectivity index (χ4v) is 3.95. The van der Waals surface area contributed by atoms with Crippen LogP contribution in [-0.2, 0) is 4.79 Å². The third-order valence-corrected chi connectivity index (χ3v) is 5.32. The van der Waals surface area contributed by atoms with E-state index in [0.29, 0.717) is 6.04 Å². The van der Waals surface area contributed by atoms with Crippen molar-refractivity contribution in [2.75, 3.05) is 26.7 Å². The van der Waals surface area contributed by atoms with Crippen molar-refractivity contribution < 1.29 is 4.79 Å². The van der Waals surface area contributed by atoms with Gasteiger partial charge in [-0.2, -0.15) is 0 Å². The van der Waals surface area contributed by atoms with E-state index < -0.39 is 0 Å². The monoisotopic (exact) mass is 281 g/mol. The van der Waals surface area contributed by atoms with Crippen LogP contribution in [0.3, 0.4) is 0 Å². The number of hydrogen-bond donors (Lipinski definition) is 1. The Balaban J connectivity index is 1.94. The summed E-state index contributed by atoms with van der Waals surface area (Å²) in [6.07, 6.45) is 6.71. The first kappa shape index (κ1) is 15.8. The first-order valence-corrected chi connectivity index (χ1v) is 8.23. The van der Waals surface area contributed by atoms with Gasteiger partial charge in [0.2, 0.25) is 5.91 Å². The summed E-state index contributed by atoms with van der Waals surface area (Å²) in [5, 5.41) is 0. The van der Waals surface area contributed by atoms with Gasteiger partial charge in [-0.25, -0.2) is 0 Å². The average Bonchev–Trinajstić information content (AvgIpc) is 2.84. The van der Waals surface area contributed by atoms with E-state index in [1.54, 1.807) is 0 Å². The van der Waals surface area contributed by atoms with Gasteiger partial charge in [0.05, 0.1) is 5.92 Å². The van der Waals surface area contributed by atoms with E-state index in [4.69, 9.17) is 5.73 Å². The van der Waals surface area contributed by atoms with Crippen molar-refractivity contribution in [3.63, 3.8) is 0 Å². The van der Waals surface area contributed by atoms with E-state index >= 15 is 0 Å². The van der Waals surface area contributed by atoms with Gasteiger partial charge < -0.3 is 10.6 Å². The molecule has 3 atom stereocenters. The lowest BCUT2D eigenvalue weighted by molar-refractivity contribution is -0.138. The van der Waals surface area contributed by atoms with Crippen molar-refractivity contribution in [2.24, 2.45) is 11.7 Å². The SMILES string of the molecule is CCN1CCCC1CN(C)C(=O)C1CCCCC1(C)N. The average molecular weight is 281 g/mol. The highest BCUT2D eigenvalue weighted by molar-refractivity contribution is 5.80. The van der Waals surface area contributed by atoms with Gasteiger partial charge in [0.25, 0.3) is 0 Å². The topological polar surface area (TPSA) is 49.6 Å². The highest BCUT2D eigenvalue weighted by atomic mass is 16.2. The molecular formula is C16H31N3O. The molecule has 0 aromatic rings. The van der Waals surface area contributed by atoms with E-state index in [1.165, 1.54) is 19.4 Å². The summed E-state index contributed by atoms with van der Waals surface area (Å²) in [6, 6.07) is 0.543. The van der Waals surface area contributed by atoms with Crippen LogP contribution in [0.2, 0.25) is 0 Å². The zero-order valence-corrected chi connectivity index (χ0v) is 13.4. The van der Waals surface area contributed by atoms with Gasteiger partial charge in [0, 0.05) is 25.2 Å². The van der Waals surface area contributed by atoms with Crippen LogP contribution in [0.1, 0.15) is 52.4 Å². The highest BCUT2D eigenvalue weighted by Crippen LogP contribution is 2.33. The molecule has 1 aliphatic carbocycles. The van der Waals surface area contributed by atoms with Crippen LogP contribution in [0.25, 0.3) is 0 Å². The van der Waals surface area contributed by atoms with Gasteiger partial charge in [-0.3, -0.25) is 9.69 Å². The molecule has 1 heterocycles. The molecule has 0 aromatic carbocycles.